The predicted molar refractivity (Wildman–Crippen MR) is 100 cm³/mol. The first-order valence-electron chi connectivity index (χ1n) is 6.52. The molecule has 0 spiro atoms. The summed E-state index contributed by atoms with van der Waals surface area (Å²) in [5.74, 6) is 0. The van der Waals surface area contributed by atoms with Crippen LogP contribution >= 0.6 is 24.4 Å². The molecule has 1 aromatic carbocycles. The van der Waals surface area contributed by atoms with Crippen molar-refractivity contribution in [1.82, 2.24) is 20.7 Å². The van der Waals surface area contributed by atoms with E-state index in [-0.39, 0.29) is 0 Å². The van der Waals surface area contributed by atoms with E-state index in [1.54, 1.807) is 16.0 Å². The van der Waals surface area contributed by atoms with Crippen molar-refractivity contribution in [3.63, 3.8) is 0 Å². The van der Waals surface area contributed by atoms with Crippen molar-refractivity contribution >= 4 is 46.6 Å². The van der Waals surface area contributed by atoms with Gasteiger partial charge in [0.2, 0.25) is 0 Å². The van der Waals surface area contributed by atoms with Gasteiger partial charge < -0.3 is 9.80 Å². The summed E-state index contributed by atoms with van der Waals surface area (Å²) in [5.41, 5.74) is 7.14. The van der Waals surface area contributed by atoms with Crippen LogP contribution in [-0.2, 0) is 0 Å². The van der Waals surface area contributed by atoms with Gasteiger partial charge >= 0.3 is 0 Å². The average Bonchev–Trinajstić information content (AvgIpc) is 2.50. The number of nitrogens with zero attached hydrogens (tertiary/aromatic N) is 4. The van der Waals surface area contributed by atoms with E-state index in [4.69, 9.17) is 24.4 Å². The van der Waals surface area contributed by atoms with Crippen molar-refractivity contribution < 1.29 is 0 Å². The van der Waals surface area contributed by atoms with E-state index >= 15 is 0 Å². The molecule has 118 valence electrons. The maximum Gasteiger partial charge on any atom is 0.189 e. The fraction of sp³-hybridized carbons (Fsp3) is 0.286. The monoisotopic (exact) mass is 336 g/mol. The van der Waals surface area contributed by atoms with E-state index in [0.29, 0.717) is 15.9 Å². The first kappa shape index (κ1) is 18.0. The number of thiocarbonyl (C=S) groups is 2. The topological polar surface area (TPSA) is 55.3 Å². The van der Waals surface area contributed by atoms with Gasteiger partial charge in [0.25, 0.3) is 0 Å². The summed E-state index contributed by atoms with van der Waals surface area (Å²) in [7, 11) is 7.37. The molecular formula is C14H20N6S2. The van der Waals surface area contributed by atoms with Crippen molar-refractivity contribution in [2.24, 2.45) is 10.2 Å². The van der Waals surface area contributed by atoms with Gasteiger partial charge in [0.05, 0.1) is 6.21 Å². The second-order valence-electron chi connectivity index (χ2n) is 4.74. The predicted octanol–water partition coefficient (Wildman–Crippen LogP) is 1.25. The number of hydrogen-bond donors (Lipinski definition) is 2. The van der Waals surface area contributed by atoms with Crippen LogP contribution in [0, 0.1) is 0 Å². The molecule has 0 aromatic heterocycles. The summed E-state index contributed by atoms with van der Waals surface area (Å²) in [5, 5.41) is 9.43. The van der Waals surface area contributed by atoms with Crippen molar-refractivity contribution in [1.29, 1.82) is 0 Å². The maximum absolute atomic E-state index is 5.15. The molecule has 0 aliphatic carbocycles. The lowest BCUT2D eigenvalue weighted by Crippen LogP contribution is -2.32. The molecule has 1 aromatic rings. The second kappa shape index (κ2) is 9.06. The quantitative estimate of drug-likeness (QED) is 0.490. The molecule has 0 unspecified atom stereocenters. The van der Waals surface area contributed by atoms with Crippen molar-refractivity contribution in [2.45, 2.75) is 0 Å². The zero-order chi connectivity index (χ0) is 16.5. The molecule has 0 atom stereocenters. The Bertz CT molecular complexity index is 566. The van der Waals surface area contributed by atoms with E-state index in [9.17, 15) is 0 Å². The lowest BCUT2D eigenvalue weighted by molar-refractivity contribution is 0.605. The fourth-order valence-electron chi connectivity index (χ4n) is 1.23. The molecule has 0 radical (unpaired) electrons. The molecule has 1 rings (SSSR count). The maximum atomic E-state index is 5.15. The molecule has 0 aliphatic rings. The van der Waals surface area contributed by atoms with Gasteiger partial charge in [0, 0.05) is 33.8 Å². The van der Waals surface area contributed by atoms with E-state index in [2.05, 4.69) is 21.1 Å². The summed E-state index contributed by atoms with van der Waals surface area (Å²) in [6, 6.07) is 9.68. The molecular weight excluding hydrogens is 316 g/mol. The molecule has 0 heterocycles. The van der Waals surface area contributed by atoms with Gasteiger partial charge in [-0.1, -0.05) is 30.3 Å². The van der Waals surface area contributed by atoms with Crippen LogP contribution in [0.15, 0.2) is 40.5 Å². The molecule has 8 heteroatoms. The minimum Gasteiger partial charge on any atom is -0.354 e. The van der Waals surface area contributed by atoms with E-state index < -0.39 is 0 Å². The molecule has 0 bridgehead atoms. The van der Waals surface area contributed by atoms with Crippen molar-refractivity contribution in [3.05, 3.63) is 35.9 Å². The molecule has 6 nitrogen and oxygen atoms in total. The number of benzene rings is 1. The smallest absolute Gasteiger partial charge is 0.189 e. The minimum absolute atomic E-state index is 0.513. The van der Waals surface area contributed by atoms with Crippen LogP contribution in [0.4, 0.5) is 0 Å². The molecule has 0 amide bonds. The third-order valence-corrected chi connectivity index (χ3v) is 3.41. The summed E-state index contributed by atoms with van der Waals surface area (Å²) >= 11 is 10.3. The Hall–Kier alpha value is -2.06. The number of nitrogens with one attached hydrogen (secondary N) is 2. The van der Waals surface area contributed by atoms with Crippen LogP contribution in [-0.4, -0.2) is 60.1 Å². The normalized spacial score (nSPS) is 11.2. The molecule has 0 aliphatic heterocycles. The van der Waals surface area contributed by atoms with Crippen LogP contribution in [0.3, 0.4) is 0 Å². The largest absolute Gasteiger partial charge is 0.354 e. The van der Waals surface area contributed by atoms with Crippen LogP contribution < -0.4 is 10.9 Å². The van der Waals surface area contributed by atoms with Gasteiger partial charge in [-0.3, -0.25) is 10.9 Å². The molecule has 0 saturated carbocycles. The van der Waals surface area contributed by atoms with Crippen LogP contribution in [0.2, 0.25) is 0 Å². The van der Waals surface area contributed by atoms with E-state index in [1.165, 1.54) is 0 Å². The SMILES string of the molecule is CN(C)C(=S)NN=C(/C=N\NC(=S)N(C)C)c1ccccc1. The summed E-state index contributed by atoms with van der Waals surface area (Å²) in [6.07, 6.45) is 1.59. The molecule has 0 saturated heterocycles. The van der Waals surface area contributed by atoms with Gasteiger partial charge in [-0.15, -0.1) is 0 Å². The number of rotatable bonds is 4. The van der Waals surface area contributed by atoms with Gasteiger partial charge in [0.15, 0.2) is 10.2 Å². The fourth-order valence-corrected chi connectivity index (χ4v) is 1.33. The van der Waals surface area contributed by atoms with Crippen molar-refractivity contribution in [3.8, 4) is 0 Å². The first-order chi connectivity index (χ1) is 10.4. The van der Waals surface area contributed by atoms with Crippen molar-refractivity contribution in [2.75, 3.05) is 28.2 Å². The highest BCUT2D eigenvalue weighted by atomic mass is 32.1. The minimum atomic E-state index is 0.513. The van der Waals surface area contributed by atoms with Crippen LogP contribution in [0.1, 0.15) is 5.56 Å². The Kier molecular flexibility index (Phi) is 7.41. The van der Waals surface area contributed by atoms with E-state index in [1.807, 2.05) is 58.5 Å². The lowest BCUT2D eigenvalue weighted by atomic mass is 10.1. The summed E-state index contributed by atoms with van der Waals surface area (Å²) in [6.45, 7) is 0. The summed E-state index contributed by atoms with van der Waals surface area (Å²) in [4.78, 5) is 3.52. The second-order valence-corrected chi connectivity index (χ2v) is 5.52. The number of hydrazone groups is 2. The first-order valence-corrected chi connectivity index (χ1v) is 7.34. The van der Waals surface area contributed by atoms with Crippen LogP contribution in [0.5, 0.6) is 0 Å². The zero-order valence-corrected chi connectivity index (χ0v) is 14.7. The van der Waals surface area contributed by atoms with Gasteiger partial charge in [-0.25, -0.2) is 0 Å². The highest BCUT2D eigenvalue weighted by Crippen LogP contribution is 1.99. The molecule has 22 heavy (non-hydrogen) atoms. The molecule has 2 N–H and O–H groups in total. The Morgan fingerprint density at radius 1 is 0.955 bits per heavy atom. The summed E-state index contributed by atoms with van der Waals surface area (Å²) < 4.78 is 0. The Balaban J connectivity index is 2.88. The third-order valence-electron chi connectivity index (χ3n) is 2.50. The lowest BCUT2D eigenvalue weighted by Gasteiger charge is -2.13. The number of hydrogen-bond acceptors (Lipinski definition) is 4. The van der Waals surface area contributed by atoms with Gasteiger partial charge in [-0.2, -0.15) is 10.2 Å². The Morgan fingerprint density at radius 3 is 2.05 bits per heavy atom. The molecule has 0 fully saturated rings. The van der Waals surface area contributed by atoms with E-state index in [0.717, 1.165) is 5.56 Å². The highest BCUT2D eigenvalue weighted by Gasteiger charge is 2.02. The average molecular weight is 336 g/mol. The third kappa shape index (κ3) is 6.15. The highest BCUT2D eigenvalue weighted by molar-refractivity contribution is 7.80. The van der Waals surface area contributed by atoms with Gasteiger partial charge in [-0.05, 0) is 24.4 Å². The van der Waals surface area contributed by atoms with Gasteiger partial charge in [0.1, 0.15) is 5.71 Å². The standard InChI is InChI=1S/C14H20N6S2/c1-19(2)13(21)17-15-10-12(11-8-6-5-7-9-11)16-18-14(22)20(3)4/h5-10H,1-4H3,(H,17,21)(H,18,22)/b15-10-,16-12?. The Morgan fingerprint density at radius 2 is 1.50 bits per heavy atom. The van der Waals surface area contributed by atoms with Crippen LogP contribution in [0.25, 0.3) is 0 Å². The zero-order valence-electron chi connectivity index (χ0n) is 13.1. The Labute approximate surface area is 141 Å².